The van der Waals surface area contributed by atoms with Crippen LogP contribution >= 0.6 is 0 Å². The quantitative estimate of drug-likeness (QED) is 0.227. The zero-order valence-electron chi connectivity index (χ0n) is 23.2. The molecule has 0 aromatic heterocycles. The van der Waals surface area contributed by atoms with Crippen molar-refractivity contribution in [3.05, 3.63) is 29.8 Å². The first-order valence-corrected chi connectivity index (χ1v) is 13.4. The summed E-state index contributed by atoms with van der Waals surface area (Å²) in [4.78, 5) is 51.5. The Bertz CT molecular complexity index is 953. The van der Waals surface area contributed by atoms with Gasteiger partial charge in [-0.3, -0.25) is 14.4 Å². The van der Waals surface area contributed by atoms with E-state index in [4.69, 9.17) is 0 Å². The Hall–Kier alpha value is -3.14. The molecule has 1 saturated heterocycles. The van der Waals surface area contributed by atoms with Crippen molar-refractivity contribution in [3.63, 3.8) is 0 Å². The molecule has 1 fully saturated rings. The van der Waals surface area contributed by atoms with Gasteiger partial charge in [0.1, 0.15) is 23.9 Å². The molecule has 3 amide bonds. The predicted molar refractivity (Wildman–Crippen MR) is 144 cm³/mol. The zero-order valence-corrected chi connectivity index (χ0v) is 23.2. The second-order valence-corrected chi connectivity index (χ2v) is 11.5. The summed E-state index contributed by atoms with van der Waals surface area (Å²) in [6.45, 7) is 11.0. The summed E-state index contributed by atoms with van der Waals surface area (Å²) in [6, 6.07) is 3.35. The number of hydrogen-bond donors (Lipinski definition) is 6. The highest BCUT2D eigenvalue weighted by atomic mass is 16.4. The number of aromatic hydroxyl groups is 1. The smallest absolute Gasteiger partial charge is 0.326 e. The molecule has 0 radical (unpaired) electrons. The fourth-order valence-electron chi connectivity index (χ4n) is 4.30. The number of carboxylic acids is 1. The lowest BCUT2D eigenvalue weighted by atomic mass is 9.88. The molecule has 0 bridgehead atoms. The Labute approximate surface area is 225 Å². The molecule has 0 saturated carbocycles. The topological polar surface area (TPSA) is 157 Å². The van der Waals surface area contributed by atoms with Crippen molar-refractivity contribution in [2.75, 3.05) is 13.1 Å². The van der Waals surface area contributed by atoms with Gasteiger partial charge in [0.15, 0.2) is 0 Å². The third-order valence-corrected chi connectivity index (χ3v) is 7.03. The minimum absolute atomic E-state index is 0.0868. The Morgan fingerprint density at radius 2 is 1.68 bits per heavy atom. The Morgan fingerprint density at radius 3 is 2.21 bits per heavy atom. The van der Waals surface area contributed by atoms with E-state index in [0.29, 0.717) is 25.8 Å². The fraction of sp³-hybridized carbons (Fsp3) is 0.643. The molecule has 2 rings (SSSR count). The largest absolute Gasteiger partial charge is 0.508 e. The molecule has 0 spiro atoms. The molecule has 1 aromatic rings. The molecule has 212 valence electrons. The molecule has 4 unspecified atom stereocenters. The first-order valence-electron chi connectivity index (χ1n) is 13.4. The minimum Gasteiger partial charge on any atom is -0.508 e. The van der Waals surface area contributed by atoms with Gasteiger partial charge >= 0.3 is 5.97 Å². The average Bonchev–Trinajstić information content (AvgIpc) is 3.39. The van der Waals surface area contributed by atoms with Gasteiger partial charge in [-0.15, -0.1) is 0 Å². The molecule has 5 atom stereocenters. The third kappa shape index (κ3) is 9.96. The van der Waals surface area contributed by atoms with E-state index < -0.39 is 35.9 Å². The molecule has 6 N–H and O–H groups in total. The number of amides is 3. The van der Waals surface area contributed by atoms with Crippen LogP contribution in [0.5, 0.6) is 5.75 Å². The number of hydrogen-bond acceptors (Lipinski definition) is 6. The summed E-state index contributed by atoms with van der Waals surface area (Å²) in [6.07, 6.45) is 2.27. The predicted octanol–water partition coefficient (Wildman–Crippen LogP) is 1.96. The van der Waals surface area contributed by atoms with Crippen molar-refractivity contribution < 1.29 is 29.4 Å². The van der Waals surface area contributed by atoms with Gasteiger partial charge in [0.05, 0.1) is 5.92 Å². The highest BCUT2D eigenvalue weighted by Crippen LogP contribution is 2.22. The monoisotopic (exact) mass is 532 g/mol. The van der Waals surface area contributed by atoms with E-state index in [9.17, 15) is 29.4 Å². The van der Waals surface area contributed by atoms with E-state index in [1.54, 1.807) is 12.1 Å². The summed E-state index contributed by atoms with van der Waals surface area (Å²) in [5, 5.41) is 30.7. The van der Waals surface area contributed by atoms with Crippen LogP contribution in [0.15, 0.2) is 24.3 Å². The van der Waals surface area contributed by atoms with Crippen LogP contribution in [0, 0.1) is 17.3 Å². The molecule has 10 heteroatoms. The number of nitrogens with one attached hydrogen (secondary N) is 4. The van der Waals surface area contributed by atoms with Crippen molar-refractivity contribution in [2.24, 2.45) is 17.3 Å². The van der Waals surface area contributed by atoms with Crippen LogP contribution in [-0.4, -0.2) is 65.1 Å². The zero-order chi connectivity index (χ0) is 28.5. The van der Waals surface area contributed by atoms with Gasteiger partial charge in [0.25, 0.3) is 0 Å². The lowest BCUT2D eigenvalue weighted by Gasteiger charge is -2.29. The highest BCUT2D eigenvalue weighted by molar-refractivity contribution is 5.94. The Morgan fingerprint density at radius 1 is 1.03 bits per heavy atom. The van der Waals surface area contributed by atoms with Gasteiger partial charge in [-0.25, -0.2) is 4.79 Å². The SMILES string of the molecule is CCC(C)C(NC(=O)C(Cc1ccc(O)cc1)NC(=O)[C@@H]1CCNC1)C(=O)NC(CCC(C)(C)C)C(=O)O. The molecule has 1 aromatic carbocycles. The molecular formula is C28H44N4O6. The summed E-state index contributed by atoms with van der Waals surface area (Å²) in [7, 11) is 0. The summed E-state index contributed by atoms with van der Waals surface area (Å²) >= 11 is 0. The Balaban J connectivity index is 2.20. The van der Waals surface area contributed by atoms with E-state index in [2.05, 4.69) is 21.3 Å². The number of benzene rings is 1. The molecule has 1 heterocycles. The normalized spacial score (nSPS) is 18.6. The summed E-state index contributed by atoms with van der Waals surface area (Å²) in [5.41, 5.74) is 0.627. The van der Waals surface area contributed by atoms with Crippen molar-refractivity contribution in [3.8, 4) is 5.75 Å². The molecule has 38 heavy (non-hydrogen) atoms. The average molecular weight is 533 g/mol. The van der Waals surface area contributed by atoms with Gasteiger partial charge in [-0.2, -0.15) is 0 Å². The Kier molecular flexibility index (Phi) is 11.6. The number of phenolic OH excluding ortho intramolecular Hbond substituents is 1. The van der Waals surface area contributed by atoms with Crippen LogP contribution in [0.3, 0.4) is 0 Å². The van der Waals surface area contributed by atoms with Crippen molar-refractivity contribution in [1.29, 1.82) is 0 Å². The van der Waals surface area contributed by atoms with Crippen LogP contribution in [0.25, 0.3) is 0 Å². The van der Waals surface area contributed by atoms with Gasteiger partial charge in [0.2, 0.25) is 17.7 Å². The number of phenols is 1. The van der Waals surface area contributed by atoms with Crippen molar-refractivity contribution in [1.82, 2.24) is 21.3 Å². The van der Waals surface area contributed by atoms with Gasteiger partial charge in [-0.05, 0) is 54.8 Å². The van der Waals surface area contributed by atoms with Gasteiger partial charge < -0.3 is 31.5 Å². The number of carbonyl (C=O) groups is 4. The summed E-state index contributed by atoms with van der Waals surface area (Å²) < 4.78 is 0. The minimum atomic E-state index is -1.13. The van der Waals surface area contributed by atoms with Crippen LogP contribution in [0.2, 0.25) is 0 Å². The third-order valence-electron chi connectivity index (χ3n) is 7.03. The second kappa shape index (κ2) is 14.1. The molecule has 0 aliphatic carbocycles. The van der Waals surface area contributed by atoms with Crippen LogP contribution in [0.4, 0.5) is 0 Å². The van der Waals surface area contributed by atoms with E-state index in [0.717, 1.165) is 12.1 Å². The van der Waals surface area contributed by atoms with E-state index in [-0.39, 0.29) is 41.7 Å². The second-order valence-electron chi connectivity index (χ2n) is 11.5. The highest BCUT2D eigenvalue weighted by Gasteiger charge is 2.34. The number of aliphatic carboxylic acids is 1. The van der Waals surface area contributed by atoms with Crippen LogP contribution in [-0.2, 0) is 25.6 Å². The number of carboxylic acid groups (broad SMARTS) is 1. The number of carbonyl (C=O) groups excluding carboxylic acids is 3. The maximum atomic E-state index is 13.5. The summed E-state index contributed by atoms with van der Waals surface area (Å²) in [5.74, 6) is -2.91. The van der Waals surface area contributed by atoms with Gasteiger partial charge in [0, 0.05) is 13.0 Å². The van der Waals surface area contributed by atoms with Crippen LogP contribution in [0.1, 0.15) is 65.9 Å². The fourth-order valence-corrected chi connectivity index (χ4v) is 4.30. The number of rotatable bonds is 13. The van der Waals surface area contributed by atoms with E-state index >= 15 is 0 Å². The molecule has 1 aliphatic heterocycles. The maximum Gasteiger partial charge on any atom is 0.326 e. The maximum absolute atomic E-state index is 13.5. The molecule has 1 aliphatic rings. The molecule has 10 nitrogen and oxygen atoms in total. The van der Waals surface area contributed by atoms with E-state index in [1.165, 1.54) is 12.1 Å². The first-order chi connectivity index (χ1) is 17.8. The standard InChI is InChI=1S/C28H44N4O6/c1-6-17(2)23(26(36)30-21(27(37)38)11-13-28(3,4)5)32-25(35)22(15-18-7-9-20(33)10-8-18)31-24(34)19-12-14-29-16-19/h7-10,17,19,21-23,29,33H,6,11-16H2,1-5H3,(H,30,36)(H,31,34)(H,32,35)(H,37,38)/t17?,19-,21?,22?,23?/m1/s1. The lowest BCUT2D eigenvalue weighted by molar-refractivity contribution is -0.143. The van der Waals surface area contributed by atoms with Crippen molar-refractivity contribution in [2.45, 2.75) is 84.8 Å². The lowest BCUT2D eigenvalue weighted by Crippen LogP contribution is -2.58. The first kappa shape index (κ1) is 31.1. The van der Waals surface area contributed by atoms with Gasteiger partial charge in [-0.1, -0.05) is 53.2 Å². The molecular weight excluding hydrogens is 488 g/mol. The van der Waals surface area contributed by atoms with Crippen LogP contribution < -0.4 is 21.3 Å². The van der Waals surface area contributed by atoms with E-state index in [1.807, 2.05) is 34.6 Å². The van der Waals surface area contributed by atoms with Crippen molar-refractivity contribution >= 4 is 23.7 Å².